The molecular formula is C18H17N3O5S. The number of thioether (sulfide) groups is 1. The topological polar surface area (TPSA) is 99.6 Å². The number of furan rings is 1. The minimum Gasteiger partial charge on any atom is -0.469 e. The van der Waals surface area contributed by atoms with Crippen molar-refractivity contribution in [3.63, 3.8) is 0 Å². The number of carbonyl (C=O) groups excluding carboxylic acids is 1. The molecule has 140 valence electrons. The van der Waals surface area contributed by atoms with Crippen LogP contribution in [0, 0.1) is 6.92 Å². The van der Waals surface area contributed by atoms with Crippen LogP contribution in [0.2, 0.25) is 0 Å². The Labute approximate surface area is 159 Å². The number of fused-ring (bicyclic) bond motifs is 1. The van der Waals surface area contributed by atoms with Gasteiger partial charge in [-0.15, -0.1) is 10.2 Å². The van der Waals surface area contributed by atoms with Gasteiger partial charge in [0.15, 0.2) is 11.5 Å². The lowest BCUT2D eigenvalue weighted by molar-refractivity contribution is -0.120. The number of hydrogen-bond acceptors (Lipinski definition) is 8. The average molecular weight is 387 g/mol. The van der Waals surface area contributed by atoms with Gasteiger partial charge in [-0.3, -0.25) is 4.79 Å². The first-order valence-electron chi connectivity index (χ1n) is 8.31. The third-order valence-corrected chi connectivity index (χ3v) is 4.98. The SMILES string of the molecule is Cc1occc1-c1nnc(SC(C)C(=O)NCc2ccc3c(c2)OCO3)o1. The molecule has 1 aliphatic heterocycles. The molecule has 3 aromatic rings. The molecule has 9 heteroatoms. The summed E-state index contributed by atoms with van der Waals surface area (Å²) in [6.45, 7) is 4.22. The predicted octanol–water partition coefficient (Wildman–Crippen LogP) is 3.16. The van der Waals surface area contributed by atoms with E-state index in [-0.39, 0.29) is 12.7 Å². The molecule has 0 aliphatic carbocycles. The highest BCUT2D eigenvalue weighted by Gasteiger charge is 2.20. The summed E-state index contributed by atoms with van der Waals surface area (Å²) in [5, 5.41) is 10.8. The van der Waals surface area contributed by atoms with Crippen molar-refractivity contribution in [2.45, 2.75) is 30.9 Å². The van der Waals surface area contributed by atoms with E-state index in [1.54, 1.807) is 19.3 Å². The zero-order chi connectivity index (χ0) is 18.8. The first-order valence-corrected chi connectivity index (χ1v) is 9.19. The van der Waals surface area contributed by atoms with Crippen molar-refractivity contribution in [1.29, 1.82) is 0 Å². The molecule has 4 rings (SSSR count). The summed E-state index contributed by atoms with van der Waals surface area (Å²) in [6.07, 6.45) is 1.56. The van der Waals surface area contributed by atoms with Crippen molar-refractivity contribution in [1.82, 2.24) is 15.5 Å². The number of carbonyl (C=O) groups is 1. The van der Waals surface area contributed by atoms with Gasteiger partial charge >= 0.3 is 0 Å². The van der Waals surface area contributed by atoms with E-state index in [4.69, 9.17) is 18.3 Å². The van der Waals surface area contributed by atoms with Gasteiger partial charge in [0.1, 0.15) is 5.76 Å². The van der Waals surface area contributed by atoms with E-state index in [0.717, 1.165) is 11.1 Å². The molecule has 1 atom stereocenters. The van der Waals surface area contributed by atoms with Crippen LogP contribution in [0.1, 0.15) is 18.2 Å². The summed E-state index contributed by atoms with van der Waals surface area (Å²) >= 11 is 1.20. The zero-order valence-electron chi connectivity index (χ0n) is 14.7. The third-order valence-electron chi connectivity index (χ3n) is 4.05. The van der Waals surface area contributed by atoms with E-state index in [9.17, 15) is 4.79 Å². The Balaban J connectivity index is 1.33. The predicted molar refractivity (Wildman–Crippen MR) is 96.5 cm³/mol. The lowest BCUT2D eigenvalue weighted by atomic mass is 10.2. The van der Waals surface area contributed by atoms with E-state index in [0.29, 0.717) is 34.9 Å². The van der Waals surface area contributed by atoms with E-state index in [1.165, 1.54) is 11.8 Å². The minimum absolute atomic E-state index is 0.128. The van der Waals surface area contributed by atoms with Crippen molar-refractivity contribution in [3.8, 4) is 23.0 Å². The molecule has 1 aliphatic rings. The third kappa shape index (κ3) is 3.77. The normalized spacial score (nSPS) is 13.6. The summed E-state index contributed by atoms with van der Waals surface area (Å²) in [6, 6.07) is 7.35. The minimum atomic E-state index is -0.391. The monoisotopic (exact) mass is 387 g/mol. The second-order valence-electron chi connectivity index (χ2n) is 5.93. The molecule has 0 radical (unpaired) electrons. The number of rotatable bonds is 6. The molecule has 1 unspecified atom stereocenters. The maximum Gasteiger partial charge on any atom is 0.277 e. The van der Waals surface area contributed by atoms with Gasteiger partial charge in [0.25, 0.3) is 11.1 Å². The Hall–Kier alpha value is -2.94. The highest BCUT2D eigenvalue weighted by molar-refractivity contribution is 8.00. The number of benzene rings is 1. The first-order chi connectivity index (χ1) is 13.1. The molecule has 1 amide bonds. The number of aryl methyl sites for hydroxylation is 1. The van der Waals surface area contributed by atoms with Gasteiger partial charge in [-0.1, -0.05) is 17.8 Å². The number of aromatic nitrogens is 2. The molecule has 1 aromatic carbocycles. The summed E-state index contributed by atoms with van der Waals surface area (Å²) in [5.74, 6) is 2.35. The van der Waals surface area contributed by atoms with Crippen LogP contribution in [-0.4, -0.2) is 28.1 Å². The summed E-state index contributed by atoms with van der Waals surface area (Å²) < 4.78 is 21.5. The second kappa shape index (κ2) is 7.36. The van der Waals surface area contributed by atoms with Crippen molar-refractivity contribution in [3.05, 3.63) is 41.9 Å². The van der Waals surface area contributed by atoms with Gasteiger partial charge in [-0.25, -0.2) is 0 Å². The fourth-order valence-electron chi connectivity index (χ4n) is 2.56. The quantitative estimate of drug-likeness (QED) is 0.644. The zero-order valence-corrected chi connectivity index (χ0v) is 15.5. The molecule has 0 saturated carbocycles. The first kappa shape index (κ1) is 17.5. The molecule has 0 fully saturated rings. The van der Waals surface area contributed by atoms with Crippen LogP contribution in [0.15, 0.2) is 44.6 Å². The van der Waals surface area contributed by atoms with Crippen molar-refractivity contribution in [2.24, 2.45) is 0 Å². The summed E-state index contributed by atoms with van der Waals surface area (Å²) in [7, 11) is 0. The van der Waals surface area contributed by atoms with Crippen LogP contribution in [-0.2, 0) is 11.3 Å². The summed E-state index contributed by atoms with van der Waals surface area (Å²) in [4.78, 5) is 12.4. The Morgan fingerprint density at radius 3 is 2.93 bits per heavy atom. The molecule has 0 bridgehead atoms. The highest BCUT2D eigenvalue weighted by Crippen LogP contribution is 2.32. The van der Waals surface area contributed by atoms with Gasteiger partial charge in [0, 0.05) is 6.54 Å². The van der Waals surface area contributed by atoms with Crippen LogP contribution in [0.4, 0.5) is 0 Å². The van der Waals surface area contributed by atoms with Gasteiger partial charge in [-0.05, 0) is 37.6 Å². The molecule has 3 heterocycles. The fourth-order valence-corrected chi connectivity index (χ4v) is 3.27. The van der Waals surface area contributed by atoms with E-state index in [1.807, 2.05) is 25.1 Å². The van der Waals surface area contributed by atoms with Crippen LogP contribution in [0.25, 0.3) is 11.5 Å². The number of amides is 1. The number of hydrogen-bond donors (Lipinski definition) is 1. The van der Waals surface area contributed by atoms with Crippen LogP contribution in [0.3, 0.4) is 0 Å². The molecule has 8 nitrogen and oxygen atoms in total. The molecule has 1 N–H and O–H groups in total. The standard InChI is InChI=1S/C18H17N3O5S/c1-10-13(5-6-23-10)17-20-21-18(26-17)27-11(2)16(22)19-8-12-3-4-14-15(7-12)25-9-24-14/h3-7,11H,8-9H2,1-2H3,(H,19,22). The smallest absolute Gasteiger partial charge is 0.277 e. The van der Waals surface area contributed by atoms with Gasteiger partial charge in [-0.2, -0.15) is 0 Å². The average Bonchev–Trinajstić information content (AvgIpc) is 3.39. The maximum absolute atomic E-state index is 12.4. The van der Waals surface area contributed by atoms with Crippen LogP contribution in [0.5, 0.6) is 11.5 Å². The van der Waals surface area contributed by atoms with Gasteiger partial charge in [0.05, 0.1) is 17.1 Å². The largest absolute Gasteiger partial charge is 0.469 e. The highest BCUT2D eigenvalue weighted by atomic mass is 32.2. The Bertz CT molecular complexity index is 968. The fraction of sp³-hybridized carbons (Fsp3) is 0.278. The maximum atomic E-state index is 12.4. The van der Waals surface area contributed by atoms with Crippen molar-refractivity contribution < 1.29 is 23.1 Å². The molecule has 2 aromatic heterocycles. The Morgan fingerprint density at radius 2 is 2.11 bits per heavy atom. The van der Waals surface area contributed by atoms with E-state index in [2.05, 4.69) is 15.5 Å². The number of ether oxygens (including phenoxy) is 2. The van der Waals surface area contributed by atoms with E-state index >= 15 is 0 Å². The second-order valence-corrected chi connectivity index (χ2v) is 7.22. The van der Waals surface area contributed by atoms with Gasteiger partial charge in [0.2, 0.25) is 12.7 Å². The van der Waals surface area contributed by atoms with E-state index < -0.39 is 5.25 Å². The Kier molecular flexibility index (Phi) is 4.76. The number of nitrogens with zero attached hydrogens (tertiary/aromatic N) is 2. The Morgan fingerprint density at radius 1 is 1.26 bits per heavy atom. The molecule has 0 spiro atoms. The lowest BCUT2D eigenvalue weighted by Gasteiger charge is -2.10. The lowest BCUT2D eigenvalue weighted by Crippen LogP contribution is -2.30. The van der Waals surface area contributed by atoms with Gasteiger partial charge < -0.3 is 23.6 Å². The van der Waals surface area contributed by atoms with Crippen molar-refractivity contribution >= 4 is 17.7 Å². The van der Waals surface area contributed by atoms with Crippen LogP contribution >= 0.6 is 11.8 Å². The molecule has 27 heavy (non-hydrogen) atoms. The number of nitrogens with one attached hydrogen (secondary N) is 1. The summed E-state index contributed by atoms with van der Waals surface area (Å²) in [5.41, 5.74) is 1.68. The molecular weight excluding hydrogens is 370 g/mol. The van der Waals surface area contributed by atoms with Crippen molar-refractivity contribution in [2.75, 3.05) is 6.79 Å². The molecule has 0 saturated heterocycles. The van der Waals surface area contributed by atoms with Crippen LogP contribution < -0.4 is 14.8 Å².